The first-order chi connectivity index (χ1) is 18.2. The smallest absolute Gasteiger partial charge is 0.185 e. The van der Waals surface area contributed by atoms with Crippen molar-refractivity contribution >= 4 is 33.6 Å². The van der Waals surface area contributed by atoms with Gasteiger partial charge >= 0.3 is 0 Å². The monoisotopic (exact) mass is 510 g/mol. The average molecular weight is 511 g/mol. The van der Waals surface area contributed by atoms with E-state index in [0.717, 1.165) is 33.2 Å². The number of nitrogens with two attached hydrogens (primary N) is 1. The van der Waals surface area contributed by atoms with Crippen LogP contribution in [0.1, 0.15) is 17.2 Å². The molecule has 0 bridgehead atoms. The molecular weight excluding hydrogens is 484 g/mol. The summed E-state index contributed by atoms with van der Waals surface area (Å²) in [5.74, 6) is 0. The highest BCUT2D eigenvalue weighted by atomic mass is 32.1. The van der Waals surface area contributed by atoms with E-state index in [-0.39, 0.29) is 24.7 Å². The van der Waals surface area contributed by atoms with Crippen LogP contribution in [0, 0.1) is 5.41 Å². The molecule has 4 unspecified atom stereocenters. The van der Waals surface area contributed by atoms with Crippen LogP contribution in [-0.2, 0) is 9.47 Å². The number of hydrogen-bond acceptors (Lipinski definition) is 9. The number of nitrogens with one attached hydrogen (secondary N) is 3. The van der Waals surface area contributed by atoms with Crippen molar-refractivity contribution in [1.29, 1.82) is 5.41 Å². The Balaban J connectivity index is 1.14. The number of aromatic nitrogens is 1. The summed E-state index contributed by atoms with van der Waals surface area (Å²) < 4.78 is 11.3. The van der Waals surface area contributed by atoms with E-state index in [1.165, 1.54) is 11.3 Å². The molecule has 0 amide bonds. The predicted octanol–water partition coefficient (Wildman–Crippen LogP) is 4.88. The number of aliphatic imine (C=N–C) groups is 1. The molecule has 8 nitrogen and oxygen atoms in total. The Bertz CT molecular complexity index is 1410. The van der Waals surface area contributed by atoms with Crippen molar-refractivity contribution in [3.63, 3.8) is 0 Å². The first-order valence-electron chi connectivity index (χ1n) is 12.0. The lowest BCUT2D eigenvalue weighted by Crippen LogP contribution is -2.25. The summed E-state index contributed by atoms with van der Waals surface area (Å²) in [4.78, 5) is 9.43. The van der Waals surface area contributed by atoms with E-state index in [1.807, 2.05) is 90.3 Å². The first kappa shape index (κ1) is 23.5. The summed E-state index contributed by atoms with van der Waals surface area (Å²) in [6.45, 7) is 0.311. The molecule has 186 valence electrons. The van der Waals surface area contributed by atoms with Crippen LogP contribution in [0.5, 0.6) is 0 Å². The summed E-state index contributed by atoms with van der Waals surface area (Å²) in [5.41, 5.74) is 11.5. The topological polar surface area (TPSA) is 124 Å². The van der Waals surface area contributed by atoms with Crippen molar-refractivity contribution < 1.29 is 9.47 Å². The molecule has 2 saturated heterocycles. The van der Waals surface area contributed by atoms with Crippen molar-refractivity contribution in [3.05, 3.63) is 101 Å². The maximum absolute atomic E-state index is 8.82. The lowest BCUT2D eigenvalue weighted by molar-refractivity contribution is 0.377. The standard InChI is InChI=1S/C28H26N6O2S/c29-22(18-9-5-2-6-10-18)23(32-16-31-20-13-11-19(12-14-20)24-26(30)35-24)25-27(36-25)34-28-33-21(15-37-28)17-7-3-1-4-8-17/h1-15,24-27,29,31H,16,30H2,(H,33,34). The van der Waals surface area contributed by atoms with Gasteiger partial charge in [-0.05, 0) is 17.7 Å². The number of anilines is 2. The lowest BCUT2D eigenvalue weighted by atomic mass is 10.0. The van der Waals surface area contributed by atoms with Crippen molar-refractivity contribution in [2.75, 3.05) is 17.3 Å². The van der Waals surface area contributed by atoms with E-state index in [2.05, 4.69) is 10.6 Å². The van der Waals surface area contributed by atoms with Gasteiger partial charge in [0.1, 0.15) is 25.1 Å². The molecule has 0 spiro atoms. The van der Waals surface area contributed by atoms with Crippen LogP contribution in [0.4, 0.5) is 10.8 Å². The van der Waals surface area contributed by atoms with Crippen LogP contribution in [0.2, 0.25) is 0 Å². The van der Waals surface area contributed by atoms with Gasteiger partial charge in [0.15, 0.2) is 11.4 Å². The number of epoxide rings is 2. The summed E-state index contributed by atoms with van der Waals surface area (Å²) in [6, 6.07) is 27.6. The van der Waals surface area contributed by atoms with E-state index in [1.54, 1.807) is 0 Å². The predicted molar refractivity (Wildman–Crippen MR) is 147 cm³/mol. The average Bonchev–Trinajstić information content (AvgIpc) is 3.82. The van der Waals surface area contributed by atoms with Crippen LogP contribution >= 0.6 is 11.3 Å². The third-order valence-electron chi connectivity index (χ3n) is 6.22. The van der Waals surface area contributed by atoms with E-state index < -0.39 is 0 Å². The number of thiazole rings is 1. The number of benzene rings is 3. The summed E-state index contributed by atoms with van der Waals surface area (Å²) in [6.07, 6.45) is -0.846. The van der Waals surface area contributed by atoms with Crippen molar-refractivity contribution in [3.8, 4) is 11.3 Å². The maximum atomic E-state index is 8.82. The van der Waals surface area contributed by atoms with Gasteiger partial charge in [-0.15, -0.1) is 11.3 Å². The van der Waals surface area contributed by atoms with Gasteiger partial charge in [0.05, 0.1) is 17.1 Å². The Morgan fingerprint density at radius 3 is 2.38 bits per heavy atom. The van der Waals surface area contributed by atoms with Crippen molar-refractivity contribution in [2.45, 2.75) is 24.7 Å². The van der Waals surface area contributed by atoms with Crippen molar-refractivity contribution in [1.82, 2.24) is 4.98 Å². The highest BCUT2D eigenvalue weighted by Gasteiger charge is 2.45. The zero-order valence-electron chi connectivity index (χ0n) is 19.9. The normalized spacial score (nSPS) is 22.4. The van der Waals surface area contributed by atoms with Gasteiger partial charge in [0, 0.05) is 22.2 Å². The second-order valence-corrected chi connectivity index (χ2v) is 9.65. The van der Waals surface area contributed by atoms with Crippen LogP contribution in [-0.4, -0.2) is 41.6 Å². The molecule has 0 aliphatic carbocycles. The number of hydrogen-bond donors (Lipinski definition) is 4. The van der Waals surface area contributed by atoms with Gasteiger partial charge in [-0.2, -0.15) is 0 Å². The minimum absolute atomic E-state index is 0.0110. The van der Waals surface area contributed by atoms with E-state index >= 15 is 0 Å². The molecule has 4 atom stereocenters. The zero-order chi connectivity index (χ0) is 25.2. The van der Waals surface area contributed by atoms with Crippen molar-refractivity contribution in [2.24, 2.45) is 10.7 Å². The Morgan fingerprint density at radius 2 is 1.68 bits per heavy atom. The summed E-state index contributed by atoms with van der Waals surface area (Å²) >= 11 is 1.53. The quantitative estimate of drug-likeness (QED) is 0.178. The molecule has 37 heavy (non-hydrogen) atoms. The molecule has 4 aromatic rings. The van der Waals surface area contributed by atoms with Crippen LogP contribution < -0.4 is 16.4 Å². The maximum Gasteiger partial charge on any atom is 0.185 e. The lowest BCUT2D eigenvalue weighted by Gasteiger charge is -2.09. The first-order valence-corrected chi connectivity index (χ1v) is 12.9. The van der Waals surface area contributed by atoms with Crippen LogP contribution in [0.3, 0.4) is 0 Å². The molecule has 0 saturated carbocycles. The molecular formula is C28H26N6O2S. The summed E-state index contributed by atoms with van der Waals surface area (Å²) in [7, 11) is 0. The Hall–Kier alpha value is -3.89. The van der Waals surface area contributed by atoms with Gasteiger partial charge in [-0.3, -0.25) is 10.4 Å². The molecule has 9 heteroatoms. The Kier molecular flexibility index (Phi) is 6.50. The minimum Gasteiger partial charge on any atom is -0.366 e. The molecule has 2 fully saturated rings. The van der Waals surface area contributed by atoms with Gasteiger partial charge in [0.25, 0.3) is 0 Å². The third kappa shape index (κ3) is 5.45. The molecule has 1 aromatic heterocycles. The minimum atomic E-state index is -0.338. The van der Waals surface area contributed by atoms with Gasteiger partial charge < -0.3 is 25.8 Å². The number of nitrogens with zero attached hydrogens (tertiary/aromatic N) is 2. The highest BCUT2D eigenvalue weighted by Crippen LogP contribution is 2.35. The van der Waals surface area contributed by atoms with Crippen LogP contribution in [0.25, 0.3) is 11.3 Å². The Labute approximate surface area is 218 Å². The number of rotatable bonds is 10. The van der Waals surface area contributed by atoms with Gasteiger partial charge in [0.2, 0.25) is 0 Å². The fourth-order valence-electron chi connectivity index (χ4n) is 4.10. The van der Waals surface area contributed by atoms with E-state index in [0.29, 0.717) is 18.1 Å². The second-order valence-electron chi connectivity index (χ2n) is 8.79. The third-order valence-corrected chi connectivity index (χ3v) is 6.99. The molecule has 2 aliphatic heterocycles. The largest absolute Gasteiger partial charge is 0.366 e. The van der Waals surface area contributed by atoms with Gasteiger partial charge in [-0.1, -0.05) is 72.8 Å². The van der Waals surface area contributed by atoms with Crippen LogP contribution in [0.15, 0.2) is 95.3 Å². The molecule has 3 heterocycles. The Morgan fingerprint density at radius 1 is 0.973 bits per heavy atom. The molecule has 0 radical (unpaired) electrons. The zero-order valence-corrected chi connectivity index (χ0v) is 20.7. The van der Waals surface area contributed by atoms with E-state index in [4.69, 9.17) is 30.6 Å². The van der Waals surface area contributed by atoms with E-state index in [9.17, 15) is 0 Å². The molecule has 5 N–H and O–H groups in total. The molecule has 3 aromatic carbocycles. The molecule has 2 aliphatic rings. The fourth-order valence-corrected chi connectivity index (χ4v) is 4.84. The summed E-state index contributed by atoms with van der Waals surface area (Å²) in [5, 5.41) is 18.3. The SMILES string of the molecule is N=C(C(=NCNc1ccc(C2OC2N)cc1)C1OC1Nc1nc(-c2ccccc2)cs1)c1ccccc1. The molecule has 6 rings (SSSR count). The van der Waals surface area contributed by atoms with Gasteiger partial charge in [-0.25, -0.2) is 4.98 Å². The fraction of sp³-hybridized carbons (Fsp3) is 0.179. The second kappa shape index (κ2) is 10.2. The highest BCUT2D eigenvalue weighted by molar-refractivity contribution is 7.14. The number of ether oxygens (including phenoxy) is 2.